The van der Waals surface area contributed by atoms with Gasteiger partial charge < -0.3 is 27.1 Å². The van der Waals surface area contributed by atoms with Gasteiger partial charge in [0.05, 0.1) is 69.9 Å². The van der Waals surface area contributed by atoms with Crippen molar-refractivity contribution in [1.29, 1.82) is 31.6 Å². The Bertz CT molecular complexity index is 4950. The van der Waals surface area contributed by atoms with Crippen LogP contribution in [0.1, 0.15) is 66.8 Å². The normalized spacial score (nSPS) is 14.6. The molecule has 0 aliphatic carbocycles. The van der Waals surface area contributed by atoms with E-state index in [0.29, 0.717) is 66.8 Å². The van der Waals surface area contributed by atoms with Crippen molar-refractivity contribution in [3.05, 3.63) is 394 Å². The average Bonchev–Trinajstić information content (AvgIpc) is 0.728. The number of hydrogen-bond acceptors (Lipinski definition) is 15. The van der Waals surface area contributed by atoms with E-state index in [-0.39, 0.29) is 34.5 Å². The van der Waals surface area contributed by atoms with Gasteiger partial charge in [-0.2, -0.15) is 31.6 Å². The van der Waals surface area contributed by atoms with Crippen molar-refractivity contribution in [2.75, 3.05) is 0 Å². The second kappa shape index (κ2) is 34.2. The van der Waals surface area contributed by atoms with Crippen molar-refractivity contribution in [3.8, 4) is 70.9 Å². The molecule has 1 aliphatic heterocycles. The zero-order chi connectivity index (χ0) is 74.4. The fraction of sp³-hybridized carbons (Fsp3) is 0. The molecule has 1 aliphatic rings. The van der Waals surface area contributed by atoms with Crippen LogP contribution in [-0.4, -0.2) is 0 Å². The molecule has 108 heavy (non-hydrogen) atoms. The molecule has 0 unspecified atom stereocenters. The predicted octanol–water partition coefficient (Wildman–Crippen LogP) is 24.7. The van der Waals surface area contributed by atoms with Gasteiger partial charge in [-0.05, 0) is 249 Å². The van der Waals surface area contributed by atoms with Crippen LogP contribution in [0.15, 0.2) is 341 Å². The Kier molecular flexibility index (Phi) is 22.8. The van der Waals surface area contributed by atoms with Crippen molar-refractivity contribution in [3.63, 3.8) is 0 Å². The zero-order valence-electron chi connectivity index (χ0n) is 57.5. The molecule has 0 N–H and O–H groups in total. The highest BCUT2D eigenvalue weighted by atomic mass is 31.3. The number of nitriles is 6. The molecule has 12 aromatic rings. The Morgan fingerprint density at radius 2 is 0.324 bits per heavy atom. The lowest BCUT2D eigenvalue weighted by atomic mass is 10.0. The number of benzene rings is 12. The highest BCUT2D eigenvalue weighted by molar-refractivity contribution is 7.79. The molecule has 0 saturated heterocycles. The maximum absolute atomic E-state index is 10.6. The Morgan fingerprint density at radius 1 is 0.194 bits per heavy atom. The summed E-state index contributed by atoms with van der Waals surface area (Å²) in [6.07, 6.45) is 10.7. The molecule has 13 rings (SSSR count). The first-order valence-corrected chi connectivity index (χ1v) is 38.3. The largest absolute Gasteiger partial charge is 0.460 e. The second-order valence-corrected chi connectivity index (χ2v) is 30.1. The van der Waals surface area contributed by atoms with Crippen LogP contribution in [0.25, 0.3) is 69.9 Å². The SMILES string of the molecule is N#C/C(=C\c1ccccc1)c1ccc(OP2(Oc3ccc(/C(C#N)=C/c4ccccc4)cc3)=NP(Oc3ccc(/C(C#N)=C/c4ccccc4)cc3)(Oc3ccc(/C(C#N)=C/c4ccccc4)cc3)=NP(Oc3ccc(/C(C#N)=C/c4ccccc4)cc3)(Oc3ccc(/C(C#N)=C/c4ccccc4)cc3)=N2)cc1. The molecule has 0 radical (unpaired) electrons. The van der Waals surface area contributed by atoms with Crippen LogP contribution in [0, 0.1) is 68.0 Å². The number of hydrogen-bond donors (Lipinski definition) is 0. The molecule has 0 spiro atoms. The minimum Gasteiger partial charge on any atom is -0.413 e. The Morgan fingerprint density at radius 3 is 0.444 bits per heavy atom. The summed E-state index contributed by atoms with van der Waals surface area (Å²) in [4.78, 5) is 0. The second-order valence-electron chi connectivity index (χ2n) is 23.9. The Labute approximate surface area is 626 Å². The third kappa shape index (κ3) is 18.5. The van der Waals surface area contributed by atoms with E-state index < -0.39 is 23.0 Å². The van der Waals surface area contributed by atoms with E-state index in [2.05, 4.69) is 36.4 Å². The molecular formula is C90H60N9O6P3. The zero-order valence-corrected chi connectivity index (χ0v) is 60.1. The van der Waals surface area contributed by atoms with Gasteiger partial charge in [0.25, 0.3) is 0 Å². The summed E-state index contributed by atoms with van der Waals surface area (Å²) in [5.41, 5.74) is 10.3. The smallest absolute Gasteiger partial charge is 0.413 e. The third-order valence-electron chi connectivity index (χ3n) is 16.4. The van der Waals surface area contributed by atoms with Gasteiger partial charge in [0.15, 0.2) is 0 Å². The third-order valence-corrected chi connectivity index (χ3v) is 24.5. The topological polar surface area (TPSA) is 235 Å². The fourth-order valence-electron chi connectivity index (χ4n) is 11.1. The summed E-state index contributed by atoms with van der Waals surface area (Å²) in [6.45, 7) is 0. The lowest BCUT2D eigenvalue weighted by molar-refractivity contribution is 0.443. The minimum atomic E-state index is -4.71. The maximum atomic E-state index is 10.6. The molecule has 0 amide bonds. The molecule has 15 nitrogen and oxygen atoms in total. The van der Waals surface area contributed by atoms with Crippen LogP contribution in [-0.2, 0) is 0 Å². The van der Waals surface area contributed by atoms with E-state index in [1.807, 2.05) is 182 Å². The highest BCUT2D eigenvalue weighted by Crippen LogP contribution is 2.79. The molecule has 516 valence electrons. The maximum Gasteiger partial charge on any atom is 0.460 e. The van der Waals surface area contributed by atoms with Crippen LogP contribution in [0.4, 0.5) is 0 Å². The summed E-state index contributed by atoms with van der Waals surface area (Å²) in [5, 5.41) is 63.8. The molecular weight excluding hydrogens is 1400 g/mol. The first kappa shape index (κ1) is 71.9. The average molecular weight is 1460 g/mol. The monoisotopic (exact) mass is 1460 g/mol. The number of rotatable bonds is 24. The van der Waals surface area contributed by atoms with E-state index in [9.17, 15) is 31.6 Å². The van der Waals surface area contributed by atoms with Crippen molar-refractivity contribution in [2.45, 2.75) is 0 Å². The van der Waals surface area contributed by atoms with E-state index >= 15 is 0 Å². The molecule has 0 saturated carbocycles. The van der Waals surface area contributed by atoms with Crippen molar-refractivity contribution in [1.82, 2.24) is 0 Å². The van der Waals surface area contributed by atoms with Crippen LogP contribution >= 0.6 is 23.0 Å². The quantitative estimate of drug-likeness (QED) is 0.0312. The van der Waals surface area contributed by atoms with E-state index in [1.54, 1.807) is 182 Å². The van der Waals surface area contributed by atoms with Gasteiger partial charge in [0, 0.05) is 0 Å². The van der Waals surface area contributed by atoms with Gasteiger partial charge in [-0.25, -0.2) is 0 Å². The Balaban J connectivity index is 1.07. The molecule has 0 aromatic heterocycles. The van der Waals surface area contributed by atoms with Crippen molar-refractivity contribution < 1.29 is 27.1 Å². The number of allylic oxidation sites excluding steroid dienone is 6. The van der Waals surface area contributed by atoms with Crippen LogP contribution in [0.3, 0.4) is 0 Å². The molecule has 1 heterocycles. The predicted molar refractivity (Wildman–Crippen MR) is 430 cm³/mol. The van der Waals surface area contributed by atoms with E-state index in [4.69, 9.17) is 40.7 Å². The molecule has 18 heteroatoms. The Hall–Kier alpha value is -14.5. The lowest BCUT2D eigenvalue weighted by Crippen LogP contribution is -2.11. The van der Waals surface area contributed by atoms with Gasteiger partial charge in [0.1, 0.15) is 34.5 Å². The van der Waals surface area contributed by atoms with Gasteiger partial charge in [-0.1, -0.05) is 196 Å². The van der Waals surface area contributed by atoms with Crippen molar-refractivity contribution in [2.24, 2.45) is 13.5 Å². The summed E-state index contributed by atoms with van der Waals surface area (Å²) < 4.78 is 60.7. The standard InChI is InChI=1S/C90H60N9O6P3/c91-61-79(55-67-19-7-1-8-20-67)73-31-43-85(44-32-73)100-106(101-86-45-33-74(34-46-86)80(62-92)56-68-21-9-2-10-22-68)97-107(102-87-47-35-75(36-48-87)81(63-93)57-69-23-11-3-12-24-69,103-88-49-37-76(38-50-88)82(64-94)58-70-25-13-4-14-26-70)99-108(98-106,104-89-51-39-77(40-52-89)83(65-95)59-71-27-15-5-16-28-71)105-90-53-41-78(42-54-90)84(66-96)60-72-29-17-6-18-30-72/h1-60H/b79-55+,80-56+,81-57+,82-58+,83-59+,84-60+. The van der Waals surface area contributed by atoms with Crippen LogP contribution in [0.5, 0.6) is 34.5 Å². The van der Waals surface area contributed by atoms with E-state index in [0.717, 1.165) is 33.4 Å². The summed E-state index contributed by atoms with van der Waals surface area (Å²) in [6, 6.07) is 111. The first-order chi connectivity index (χ1) is 53.0. The summed E-state index contributed by atoms with van der Waals surface area (Å²) >= 11 is 0. The first-order valence-electron chi connectivity index (χ1n) is 33.7. The van der Waals surface area contributed by atoms with Gasteiger partial charge >= 0.3 is 23.0 Å². The highest BCUT2D eigenvalue weighted by Gasteiger charge is 2.49. The van der Waals surface area contributed by atoms with Crippen molar-refractivity contribution >= 4 is 92.9 Å². The molecule has 0 fully saturated rings. The summed E-state index contributed by atoms with van der Waals surface area (Å²) in [5.74, 6) is 0.823. The van der Waals surface area contributed by atoms with Gasteiger partial charge in [-0.15, -0.1) is 0 Å². The lowest BCUT2D eigenvalue weighted by Gasteiger charge is -2.33. The number of nitrogens with zero attached hydrogens (tertiary/aromatic N) is 9. The molecule has 0 atom stereocenters. The molecule has 0 bridgehead atoms. The van der Waals surface area contributed by atoms with Gasteiger partial charge in [-0.3, -0.25) is 0 Å². The summed E-state index contributed by atoms with van der Waals surface area (Å²) in [7, 11) is -14.1. The van der Waals surface area contributed by atoms with E-state index in [1.165, 1.54) is 0 Å². The van der Waals surface area contributed by atoms with Crippen LogP contribution in [0.2, 0.25) is 0 Å². The van der Waals surface area contributed by atoms with Gasteiger partial charge in [0.2, 0.25) is 0 Å². The van der Waals surface area contributed by atoms with Crippen LogP contribution < -0.4 is 27.1 Å². The minimum absolute atomic E-state index is 0.137. The molecule has 12 aromatic carbocycles. The fourth-order valence-corrected chi connectivity index (χ4v) is 20.2.